The summed E-state index contributed by atoms with van der Waals surface area (Å²) in [5, 5.41) is 12.0. The van der Waals surface area contributed by atoms with Crippen LogP contribution in [0.3, 0.4) is 0 Å². The summed E-state index contributed by atoms with van der Waals surface area (Å²) in [5.41, 5.74) is 1.61. The van der Waals surface area contributed by atoms with Gasteiger partial charge in [-0.15, -0.1) is 0 Å². The molecule has 0 saturated carbocycles. The molecule has 0 unspecified atom stereocenters. The van der Waals surface area contributed by atoms with Gasteiger partial charge >= 0.3 is 6.03 Å². The largest absolute Gasteiger partial charge is 0.489 e. The number of anilines is 2. The van der Waals surface area contributed by atoms with E-state index in [-0.39, 0.29) is 23.4 Å². The molecule has 3 amide bonds. The molecule has 12 nitrogen and oxygen atoms in total. The van der Waals surface area contributed by atoms with Crippen molar-refractivity contribution in [2.24, 2.45) is 0 Å². The van der Waals surface area contributed by atoms with Crippen LogP contribution in [0.2, 0.25) is 0 Å². The lowest BCUT2D eigenvalue weighted by molar-refractivity contribution is -0.136. The maximum atomic E-state index is 13.0. The molecule has 2 aromatic heterocycles. The van der Waals surface area contributed by atoms with Crippen LogP contribution in [0.5, 0.6) is 5.75 Å². The smallest absolute Gasteiger partial charge is 0.328 e. The molecule has 12 heteroatoms. The fourth-order valence-electron chi connectivity index (χ4n) is 3.97. The normalized spacial score (nSPS) is 16.6. The SMILES string of the molecule is CC(C)Oc1cc(NC(=O)N(C)c2ccc(CN3CCN(C)CC3=O)c(C3OCCO3)n2)ncc1C#N. The molecule has 2 fully saturated rings. The minimum absolute atomic E-state index is 0.0456. The van der Waals surface area contributed by atoms with Crippen molar-refractivity contribution in [1.82, 2.24) is 19.8 Å². The molecule has 0 aliphatic carbocycles. The van der Waals surface area contributed by atoms with Crippen molar-refractivity contribution in [2.75, 3.05) is 57.2 Å². The summed E-state index contributed by atoms with van der Waals surface area (Å²) in [7, 11) is 3.50. The van der Waals surface area contributed by atoms with Crippen LogP contribution in [0.1, 0.15) is 37.0 Å². The van der Waals surface area contributed by atoms with Gasteiger partial charge in [0, 0.05) is 32.7 Å². The Balaban J connectivity index is 1.53. The number of carbonyl (C=O) groups is 2. The molecule has 2 aliphatic rings. The van der Waals surface area contributed by atoms with Gasteiger partial charge in [-0.25, -0.2) is 14.8 Å². The molecule has 0 bridgehead atoms. The summed E-state index contributed by atoms with van der Waals surface area (Å²) in [6.07, 6.45) is 0.528. The fraction of sp³-hybridized carbons (Fsp3) is 0.480. The van der Waals surface area contributed by atoms with E-state index in [2.05, 4.69) is 15.3 Å². The molecule has 4 rings (SSSR count). The van der Waals surface area contributed by atoms with E-state index in [1.165, 1.54) is 17.2 Å². The lowest BCUT2D eigenvalue weighted by Gasteiger charge is -2.32. The number of nitrogens with zero attached hydrogens (tertiary/aromatic N) is 6. The predicted molar refractivity (Wildman–Crippen MR) is 134 cm³/mol. The first-order valence-corrected chi connectivity index (χ1v) is 12.1. The Labute approximate surface area is 215 Å². The van der Waals surface area contributed by atoms with Crippen molar-refractivity contribution in [1.29, 1.82) is 5.26 Å². The second-order valence-electron chi connectivity index (χ2n) is 9.17. The van der Waals surface area contributed by atoms with E-state index in [0.29, 0.717) is 50.1 Å². The molecule has 4 heterocycles. The molecule has 1 N–H and O–H groups in total. The minimum atomic E-state index is -0.676. The van der Waals surface area contributed by atoms with E-state index >= 15 is 0 Å². The zero-order valence-corrected chi connectivity index (χ0v) is 21.4. The molecular formula is C25H31N7O5. The Morgan fingerprint density at radius 2 is 2.08 bits per heavy atom. The van der Waals surface area contributed by atoms with Gasteiger partial charge in [-0.1, -0.05) is 6.07 Å². The van der Waals surface area contributed by atoms with Gasteiger partial charge in [-0.3, -0.25) is 19.9 Å². The number of nitrogens with one attached hydrogen (secondary N) is 1. The summed E-state index contributed by atoms with van der Waals surface area (Å²) >= 11 is 0. The predicted octanol–water partition coefficient (Wildman–Crippen LogP) is 2.12. The van der Waals surface area contributed by atoms with Gasteiger partial charge in [0.1, 0.15) is 34.7 Å². The molecule has 0 spiro atoms. The monoisotopic (exact) mass is 509 g/mol. The summed E-state index contributed by atoms with van der Waals surface area (Å²) in [6, 6.07) is 6.62. The standard InChI is InChI=1S/C25H31N7O5/c1-16(2)37-19-11-20(27-13-18(19)12-26)28-25(34)31(4)21-6-5-17(23(29-21)24-35-9-10-36-24)14-32-8-7-30(3)15-22(32)33/h5-6,11,13,16,24H,7-10,14-15H2,1-4H3,(H,27,28,34). The second kappa shape index (κ2) is 11.5. The third-order valence-electron chi connectivity index (χ3n) is 5.95. The van der Waals surface area contributed by atoms with E-state index in [1.54, 1.807) is 18.0 Å². The van der Waals surface area contributed by atoms with Crippen LogP contribution >= 0.6 is 0 Å². The molecule has 0 radical (unpaired) electrons. The first-order valence-electron chi connectivity index (χ1n) is 12.1. The number of hydrogen-bond donors (Lipinski definition) is 1. The van der Waals surface area contributed by atoms with Gasteiger partial charge in [0.05, 0.1) is 32.1 Å². The zero-order valence-electron chi connectivity index (χ0n) is 21.4. The number of pyridine rings is 2. The Kier molecular flexibility index (Phi) is 8.17. The molecular weight excluding hydrogens is 478 g/mol. The maximum Gasteiger partial charge on any atom is 0.328 e. The number of nitriles is 1. The highest BCUT2D eigenvalue weighted by atomic mass is 16.7. The van der Waals surface area contributed by atoms with Crippen molar-refractivity contribution < 1.29 is 23.8 Å². The molecule has 196 valence electrons. The average molecular weight is 510 g/mol. The van der Waals surface area contributed by atoms with Gasteiger partial charge in [0.15, 0.2) is 0 Å². The van der Waals surface area contributed by atoms with Gasteiger partial charge in [-0.2, -0.15) is 5.26 Å². The minimum Gasteiger partial charge on any atom is -0.489 e. The summed E-state index contributed by atoms with van der Waals surface area (Å²) in [6.45, 7) is 6.71. The lowest BCUT2D eigenvalue weighted by atomic mass is 10.1. The summed E-state index contributed by atoms with van der Waals surface area (Å²) in [4.78, 5) is 39.5. The first kappa shape index (κ1) is 26.3. The van der Waals surface area contributed by atoms with Gasteiger partial charge in [0.25, 0.3) is 0 Å². The topological polar surface area (TPSA) is 133 Å². The Hall–Kier alpha value is -3.79. The van der Waals surface area contributed by atoms with Gasteiger partial charge in [0.2, 0.25) is 12.2 Å². The highest BCUT2D eigenvalue weighted by Crippen LogP contribution is 2.29. The second-order valence-corrected chi connectivity index (χ2v) is 9.17. The fourth-order valence-corrected chi connectivity index (χ4v) is 3.97. The third kappa shape index (κ3) is 6.32. The highest BCUT2D eigenvalue weighted by molar-refractivity contribution is 6.00. The van der Waals surface area contributed by atoms with Crippen LogP contribution in [-0.4, -0.2) is 84.8 Å². The van der Waals surface area contributed by atoms with Crippen molar-refractivity contribution in [3.8, 4) is 11.8 Å². The van der Waals surface area contributed by atoms with E-state index in [1.807, 2.05) is 37.9 Å². The number of aromatic nitrogens is 2. The maximum absolute atomic E-state index is 13.0. The van der Waals surface area contributed by atoms with Gasteiger partial charge < -0.3 is 19.1 Å². The number of hydrogen-bond acceptors (Lipinski definition) is 9. The number of piperazine rings is 1. The van der Waals surface area contributed by atoms with E-state index in [9.17, 15) is 14.9 Å². The number of likely N-dealkylation sites (N-methyl/N-ethyl adjacent to an activating group) is 1. The molecule has 2 saturated heterocycles. The summed E-state index contributed by atoms with van der Waals surface area (Å²) in [5.74, 6) is 0.986. The average Bonchev–Trinajstić information content (AvgIpc) is 3.40. The molecule has 2 aliphatic heterocycles. The van der Waals surface area contributed by atoms with E-state index in [4.69, 9.17) is 14.2 Å². The van der Waals surface area contributed by atoms with Crippen molar-refractivity contribution in [2.45, 2.75) is 32.8 Å². The quantitative estimate of drug-likeness (QED) is 0.596. The highest BCUT2D eigenvalue weighted by Gasteiger charge is 2.28. The number of carbonyl (C=O) groups excluding carboxylic acids is 2. The molecule has 37 heavy (non-hydrogen) atoms. The Morgan fingerprint density at radius 1 is 1.32 bits per heavy atom. The lowest BCUT2D eigenvalue weighted by Crippen LogP contribution is -2.48. The van der Waals surface area contributed by atoms with Gasteiger partial charge in [-0.05, 0) is 32.5 Å². The molecule has 2 aromatic rings. The number of amides is 3. The van der Waals surface area contributed by atoms with Crippen LogP contribution in [0.25, 0.3) is 0 Å². The van der Waals surface area contributed by atoms with Crippen LogP contribution in [0.4, 0.5) is 16.4 Å². The zero-order chi connectivity index (χ0) is 26.5. The van der Waals surface area contributed by atoms with E-state index < -0.39 is 12.3 Å². The third-order valence-corrected chi connectivity index (χ3v) is 5.95. The van der Waals surface area contributed by atoms with Crippen LogP contribution in [0, 0.1) is 11.3 Å². The number of ether oxygens (including phenoxy) is 3. The van der Waals surface area contributed by atoms with Crippen molar-refractivity contribution in [3.05, 3.63) is 41.2 Å². The molecule has 0 aromatic carbocycles. The molecule has 0 atom stereocenters. The number of urea groups is 1. The Bertz CT molecular complexity index is 1190. The van der Waals surface area contributed by atoms with Crippen molar-refractivity contribution >= 4 is 23.6 Å². The first-order chi connectivity index (χ1) is 17.7. The van der Waals surface area contributed by atoms with Crippen LogP contribution in [-0.2, 0) is 20.8 Å². The van der Waals surface area contributed by atoms with E-state index in [0.717, 1.165) is 12.1 Å². The summed E-state index contributed by atoms with van der Waals surface area (Å²) < 4.78 is 17.1. The van der Waals surface area contributed by atoms with Crippen LogP contribution in [0.15, 0.2) is 24.4 Å². The van der Waals surface area contributed by atoms with Crippen molar-refractivity contribution in [3.63, 3.8) is 0 Å². The number of rotatable bonds is 7. The Morgan fingerprint density at radius 3 is 2.76 bits per heavy atom. The van der Waals surface area contributed by atoms with Crippen LogP contribution < -0.4 is 15.0 Å².